The smallest absolute Gasteiger partial charge is 0.235 e. The van der Waals surface area contributed by atoms with E-state index in [1.807, 2.05) is 31.2 Å². The second kappa shape index (κ2) is 6.81. The fourth-order valence-electron chi connectivity index (χ4n) is 3.84. The Labute approximate surface area is 161 Å². The SMILES string of the molecule is Cc1nc2sc([C@H](c3ccccc3Cl)[NH+]3C[C@@H](C)O[C@H](C)C3)c(O)n2n1. The van der Waals surface area contributed by atoms with Crippen LogP contribution in [0.5, 0.6) is 5.88 Å². The van der Waals surface area contributed by atoms with E-state index in [0.717, 1.165) is 23.5 Å². The van der Waals surface area contributed by atoms with Gasteiger partial charge in [0.15, 0.2) is 6.04 Å². The molecule has 0 spiro atoms. The molecule has 0 unspecified atom stereocenters. The molecule has 1 aliphatic heterocycles. The predicted octanol–water partition coefficient (Wildman–Crippen LogP) is 2.24. The highest BCUT2D eigenvalue weighted by Gasteiger charge is 2.38. The quantitative estimate of drug-likeness (QED) is 0.716. The molecule has 0 aliphatic carbocycles. The number of hydrogen-bond acceptors (Lipinski definition) is 5. The Morgan fingerprint density at radius 3 is 2.65 bits per heavy atom. The molecule has 1 aromatic carbocycles. The number of halogens is 1. The molecule has 3 heterocycles. The van der Waals surface area contributed by atoms with E-state index in [1.165, 1.54) is 20.8 Å². The van der Waals surface area contributed by atoms with E-state index < -0.39 is 0 Å². The zero-order valence-corrected chi connectivity index (χ0v) is 16.5. The van der Waals surface area contributed by atoms with E-state index in [9.17, 15) is 5.11 Å². The van der Waals surface area contributed by atoms with Crippen LogP contribution in [0, 0.1) is 6.92 Å². The summed E-state index contributed by atoms with van der Waals surface area (Å²) in [4.78, 5) is 7.26. The second-order valence-electron chi connectivity index (χ2n) is 6.92. The van der Waals surface area contributed by atoms with Crippen molar-refractivity contribution in [3.63, 3.8) is 0 Å². The number of nitrogens with zero attached hydrogens (tertiary/aromatic N) is 3. The van der Waals surface area contributed by atoms with Gasteiger partial charge in [-0.15, -0.1) is 5.10 Å². The van der Waals surface area contributed by atoms with Crippen LogP contribution in [0.2, 0.25) is 5.02 Å². The molecule has 2 N–H and O–H groups in total. The van der Waals surface area contributed by atoms with E-state index in [-0.39, 0.29) is 24.1 Å². The number of aromatic hydroxyl groups is 1. The number of benzene rings is 1. The summed E-state index contributed by atoms with van der Waals surface area (Å²) >= 11 is 8.02. The molecule has 1 aliphatic rings. The Bertz CT molecular complexity index is 931. The Hall–Kier alpha value is -1.67. The largest absolute Gasteiger partial charge is 0.492 e. The number of thiazole rings is 1. The van der Waals surface area contributed by atoms with Gasteiger partial charge in [-0.1, -0.05) is 41.1 Å². The first-order chi connectivity index (χ1) is 12.4. The lowest BCUT2D eigenvalue weighted by atomic mass is 10.0. The van der Waals surface area contributed by atoms with Gasteiger partial charge < -0.3 is 14.7 Å². The number of hydrogen-bond donors (Lipinski definition) is 2. The first-order valence-corrected chi connectivity index (χ1v) is 9.93. The van der Waals surface area contributed by atoms with Crippen molar-refractivity contribution in [3.8, 4) is 5.88 Å². The first-order valence-electron chi connectivity index (χ1n) is 8.73. The van der Waals surface area contributed by atoms with Gasteiger partial charge in [-0.3, -0.25) is 0 Å². The maximum absolute atomic E-state index is 10.9. The third-order valence-corrected chi connectivity index (χ3v) is 6.19. The molecule has 1 fully saturated rings. The zero-order valence-electron chi connectivity index (χ0n) is 14.9. The van der Waals surface area contributed by atoms with Crippen LogP contribution in [0.15, 0.2) is 24.3 Å². The van der Waals surface area contributed by atoms with Crippen molar-refractivity contribution in [1.82, 2.24) is 14.6 Å². The van der Waals surface area contributed by atoms with E-state index in [0.29, 0.717) is 15.8 Å². The van der Waals surface area contributed by atoms with Gasteiger partial charge in [0.2, 0.25) is 10.8 Å². The molecule has 1 saturated heterocycles. The van der Waals surface area contributed by atoms with Crippen LogP contribution in [0.25, 0.3) is 4.96 Å². The molecule has 0 saturated carbocycles. The molecule has 3 aromatic rings. The van der Waals surface area contributed by atoms with Crippen molar-refractivity contribution in [3.05, 3.63) is 45.6 Å². The number of ether oxygens (including phenoxy) is 1. The Kier molecular flexibility index (Phi) is 4.64. The Balaban J connectivity index is 1.85. The zero-order chi connectivity index (χ0) is 18.4. The van der Waals surface area contributed by atoms with Crippen molar-refractivity contribution in [2.75, 3.05) is 13.1 Å². The van der Waals surface area contributed by atoms with Gasteiger partial charge in [-0.25, -0.2) is 4.98 Å². The van der Waals surface area contributed by atoms with Crippen molar-refractivity contribution >= 4 is 27.9 Å². The molecule has 4 rings (SSSR count). The number of nitrogens with one attached hydrogen (secondary N) is 1. The first kappa shape index (κ1) is 17.7. The van der Waals surface area contributed by atoms with Gasteiger partial charge >= 0.3 is 0 Å². The number of morpholine rings is 1. The van der Waals surface area contributed by atoms with Crippen LogP contribution in [0.3, 0.4) is 0 Å². The molecule has 138 valence electrons. The lowest BCUT2D eigenvalue weighted by Gasteiger charge is -2.37. The van der Waals surface area contributed by atoms with Gasteiger partial charge in [0.05, 0.1) is 5.02 Å². The molecule has 2 aromatic heterocycles. The summed E-state index contributed by atoms with van der Waals surface area (Å²) in [5, 5.41) is 15.9. The summed E-state index contributed by atoms with van der Waals surface area (Å²) < 4.78 is 7.44. The fourth-order valence-corrected chi connectivity index (χ4v) is 5.26. The van der Waals surface area contributed by atoms with Crippen molar-refractivity contribution in [2.24, 2.45) is 0 Å². The van der Waals surface area contributed by atoms with E-state index in [4.69, 9.17) is 16.3 Å². The fraction of sp³-hybridized carbons (Fsp3) is 0.444. The van der Waals surface area contributed by atoms with E-state index in [2.05, 4.69) is 23.9 Å². The van der Waals surface area contributed by atoms with E-state index >= 15 is 0 Å². The summed E-state index contributed by atoms with van der Waals surface area (Å²) in [5.41, 5.74) is 1.00. The normalized spacial score (nSPS) is 24.8. The topological polar surface area (TPSA) is 64.1 Å². The van der Waals surface area contributed by atoms with Gasteiger partial charge in [0.25, 0.3) is 0 Å². The van der Waals surface area contributed by atoms with Crippen LogP contribution in [0.4, 0.5) is 0 Å². The maximum atomic E-state index is 10.9. The molecule has 0 bridgehead atoms. The number of aryl methyl sites for hydroxylation is 1. The Morgan fingerprint density at radius 1 is 1.31 bits per heavy atom. The minimum absolute atomic E-state index is 0.0914. The standard InChI is InChI=1S/C18H21ClN4O2S/c1-10-8-22(9-11(2)25-10)15(13-6-4-5-7-14(13)19)16-17(24)23-18(26-16)20-12(3)21-23/h4-7,10-11,15,24H,8-9H2,1-3H3/p+1/t10-,11-,15+/m1/s1. The maximum Gasteiger partial charge on any atom is 0.235 e. The molecular formula is C18H22ClN4O2S+. The molecule has 0 amide bonds. The van der Waals surface area contributed by atoms with Crippen LogP contribution in [0.1, 0.15) is 36.2 Å². The van der Waals surface area contributed by atoms with Crippen LogP contribution < -0.4 is 4.90 Å². The third kappa shape index (κ3) is 3.09. The van der Waals surface area contributed by atoms with Crippen molar-refractivity contribution in [1.29, 1.82) is 0 Å². The molecule has 6 nitrogen and oxygen atoms in total. The minimum atomic E-state index is -0.0914. The summed E-state index contributed by atoms with van der Waals surface area (Å²) in [6.07, 6.45) is 0.288. The molecule has 26 heavy (non-hydrogen) atoms. The molecular weight excluding hydrogens is 372 g/mol. The Morgan fingerprint density at radius 2 is 2.00 bits per heavy atom. The van der Waals surface area contributed by atoms with Crippen LogP contribution in [-0.4, -0.2) is 45.0 Å². The van der Waals surface area contributed by atoms with E-state index in [1.54, 1.807) is 0 Å². The second-order valence-corrected chi connectivity index (χ2v) is 8.34. The number of fused-ring (bicyclic) bond motifs is 1. The van der Waals surface area contributed by atoms with Gasteiger partial charge in [-0.05, 0) is 26.8 Å². The number of quaternary nitrogens is 1. The summed E-state index contributed by atoms with van der Waals surface area (Å²) in [7, 11) is 0. The lowest BCUT2D eigenvalue weighted by molar-refractivity contribution is -0.939. The predicted molar refractivity (Wildman–Crippen MR) is 101 cm³/mol. The summed E-state index contributed by atoms with van der Waals surface area (Å²) in [6.45, 7) is 7.68. The van der Waals surface area contributed by atoms with Gasteiger partial charge in [0, 0.05) is 5.56 Å². The average molecular weight is 394 g/mol. The average Bonchev–Trinajstić information content (AvgIpc) is 3.07. The van der Waals surface area contributed by atoms with Crippen molar-refractivity contribution in [2.45, 2.75) is 39.0 Å². The highest BCUT2D eigenvalue weighted by Crippen LogP contribution is 2.37. The summed E-state index contributed by atoms with van der Waals surface area (Å²) in [5.74, 6) is 0.795. The number of aromatic nitrogens is 3. The highest BCUT2D eigenvalue weighted by molar-refractivity contribution is 7.17. The lowest BCUT2D eigenvalue weighted by Crippen LogP contribution is -3.15. The van der Waals surface area contributed by atoms with Gasteiger partial charge in [0.1, 0.15) is 36.0 Å². The van der Waals surface area contributed by atoms with Gasteiger partial charge in [-0.2, -0.15) is 4.52 Å². The monoisotopic (exact) mass is 393 g/mol. The molecule has 8 heteroatoms. The molecule has 0 radical (unpaired) electrons. The van der Waals surface area contributed by atoms with Crippen molar-refractivity contribution < 1.29 is 14.7 Å². The summed E-state index contributed by atoms with van der Waals surface area (Å²) in [6, 6.07) is 7.75. The highest BCUT2D eigenvalue weighted by atomic mass is 35.5. The van der Waals surface area contributed by atoms with Crippen LogP contribution in [-0.2, 0) is 4.74 Å². The number of rotatable bonds is 3. The molecule has 3 atom stereocenters. The third-order valence-electron chi connectivity index (χ3n) is 4.76. The minimum Gasteiger partial charge on any atom is -0.492 e. The van der Waals surface area contributed by atoms with Crippen LogP contribution >= 0.6 is 22.9 Å².